The van der Waals surface area contributed by atoms with E-state index in [2.05, 4.69) is 5.32 Å². The first-order valence-electron chi connectivity index (χ1n) is 6.52. The van der Waals surface area contributed by atoms with E-state index in [4.69, 9.17) is 11.6 Å². The summed E-state index contributed by atoms with van der Waals surface area (Å²) in [5.74, 6) is -1.95. The van der Waals surface area contributed by atoms with Gasteiger partial charge in [-0.05, 0) is 31.0 Å². The second kappa shape index (κ2) is 5.44. The number of barbiturate groups is 1. The minimum atomic E-state index is -1.34. The van der Waals surface area contributed by atoms with Crippen LogP contribution in [0.2, 0.25) is 5.02 Å². The molecular formula is C14H14ClFN2O3. The largest absolute Gasteiger partial charge is 0.335 e. The van der Waals surface area contributed by atoms with E-state index in [1.165, 1.54) is 6.07 Å². The maximum Gasteiger partial charge on any atom is 0.335 e. The van der Waals surface area contributed by atoms with Crippen molar-refractivity contribution in [2.24, 2.45) is 5.41 Å². The minimum absolute atomic E-state index is 0.0513. The molecule has 4 amide bonds. The van der Waals surface area contributed by atoms with Crippen molar-refractivity contribution in [3.05, 3.63) is 29.0 Å². The number of halogens is 2. The highest BCUT2D eigenvalue weighted by molar-refractivity contribution is 6.37. The standard InChI is InChI=1S/C14H14ClFN2O3/c1-3-14(4-2)11(19)17-13(21)18(12(14)20)10-7-8(16)5-6-9(10)15/h5-7H,3-4H2,1-2H3,(H,17,19,21). The summed E-state index contributed by atoms with van der Waals surface area (Å²) >= 11 is 5.95. The average molecular weight is 313 g/mol. The zero-order chi connectivity index (χ0) is 15.8. The number of hydrogen-bond acceptors (Lipinski definition) is 3. The molecule has 0 unspecified atom stereocenters. The molecule has 1 aromatic carbocycles. The lowest BCUT2D eigenvalue weighted by atomic mass is 9.78. The smallest absolute Gasteiger partial charge is 0.276 e. The number of nitrogens with one attached hydrogen (secondary N) is 1. The van der Waals surface area contributed by atoms with Crippen LogP contribution in [0.1, 0.15) is 26.7 Å². The molecule has 0 aliphatic carbocycles. The summed E-state index contributed by atoms with van der Waals surface area (Å²) in [5.41, 5.74) is -1.42. The number of hydrogen-bond donors (Lipinski definition) is 1. The maximum absolute atomic E-state index is 13.4. The number of benzene rings is 1. The van der Waals surface area contributed by atoms with Gasteiger partial charge < -0.3 is 0 Å². The van der Waals surface area contributed by atoms with E-state index < -0.39 is 29.1 Å². The molecule has 1 aromatic rings. The van der Waals surface area contributed by atoms with Crippen LogP contribution in [-0.4, -0.2) is 17.8 Å². The Hall–Kier alpha value is -1.95. The zero-order valence-corrected chi connectivity index (χ0v) is 12.3. The van der Waals surface area contributed by atoms with E-state index in [0.29, 0.717) is 0 Å². The van der Waals surface area contributed by atoms with E-state index in [0.717, 1.165) is 17.0 Å². The molecule has 0 radical (unpaired) electrons. The summed E-state index contributed by atoms with van der Waals surface area (Å²) in [6.45, 7) is 3.37. The van der Waals surface area contributed by atoms with Gasteiger partial charge >= 0.3 is 6.03 Å². The predicted octanol–water partition coefficient (Wildman–Crippen LogP) is 2.87. The molecule has 7 heteroatoms. The molecule has 0 atom stereocenters. The first-order valence-corrected chi connectivity index (χ1v) is 6.90. The van der Waals surface area contributed by atoms with Gasteiger partial charge in [0.25, 0.3) is 5.91 Å². The van der Waals surface area contributed by atoms with Crippen LogP contribution in [0.25, 0.3) is 0 Å². The van der Waals surface area contributed by atoms with Crippen molar-refractivity contribution >= 4 is 35.1 Å². The fourth-order valence-electron chi connectivity index (χ4n) is 2.43. The lowest BCUT2D eigenvalue weighted by Crippen LogP contribution is -2.64. The van der Waals surface area contributed by atoms with Crippen molar-refractivity contribution in [1.82, 2.24) is 5.32 Å². The fourth-order valence-corrected chi connectivity index (χ4v) is 2.63. The van der Waals surface area contributed by atoms with Gasteiger partial charge in [0.15, 0.2) is 0 Å². The summed E-state index contributed by atoms with van der Waals surface area (Å²) in [4.78, 5) is 37.4. The van der Waals surface area contributed by atoms with Crippen LogP contribution in [0, 0.1) is 11.2 Å². The summed E-state index contributed by atoms with van der Waals surface area (Å²) in [6, 6.07) is 2.44. The Balaban J connectivity index is 2.57. The van der Waals surface area contributed by atoms with Crippen LogP contribution < -0.4 is 10.2 Å². The predicted molar refractivity (Wildman–Crippen MR) is 75.4 cm³/mol. The Kier molecular flexibility index (Phi) is 4.00. The highest BCUT2D eigenvalue weighted by Crippen LogP contribution is 2.37. The van der Waals surface area contributed by atoms with Gasteiger partial charge in [0.2, 0.25) is 5.91 Å². The van der Waals surface area contributed by atoms with Crippen LogP contribution >= 0.6 is 11.6 Å². The molecule has 112 valence electrons. The number of carbonyl (C=O) groups excluding carboxylic acids is 3. The first kappa shape index (κ1) is 15.4. The maximum atomic E-state index is 13.4. The Morgan fingerprint density at radius 2 is 1.86 bits per heavy atom. The third-order valence-corrected chi connectivity index (χ3v) is 4.15. The topological polar surface area (TPSA) is 66.5 Å². The lowest BCUT2D eigenvalue weighted by molar-refractivity contribution is -0.143. The van der Waals surface area contributed by atoms with E-state index in [9.17, 15) is 18.8 Å². The van der Waals surface area contributed by atoms with E-state index in [1.54, 1.807) is 13.8 Å². The third-order valence-electron chi connectivity index (χ3n) is 3.83. The van der Waals surface area contributed by atoms with Gasteiger partial charge in [0.05, 0.1) is 10.7 Å². The van der Waals surface area contributed by atoms with E-state index in [1.807, 2.05) is 0 Å². The highest BCUT2D eigenvalue weighted by Gasteiger charge is 2.52. The molecule has 1 saturated heterocycles. The molecule has 1 aliphatic rings. The lowest BCUT2D eigenvalue weighted by Gasteiger charge is -2.38. The Morgan fingerprint density at radius 3 is 2.43 bits per heavy atom. The molecule has 0 saturated carbocycles. The van der Waals surface area contributed by atoms with Gasteiger partial charge in [-0.15, -0.1) is 0 Å². The molecule has 5 nitrogen and oxygen atoms in total. The zero-order valence-electron chi connectivity index (χ0n) is 11.6. The second-order valence-corrected chi connectivity index (χ2v) is 5.19. The van der Waals surface area contributed by atoms with Crippen molar-refractivity contribution in [1.29, 1.82) is 0 Å². The quantitative estimate of drug-likeness (QED) is 0.873. The molecule has 1 heterocycles. The van der Waals surface area contributed by atoms with Crippen LogP contribution in [0.3, 0.4) is 0 Å². The number of carbonyl (C=O) groups is 3. The normalized spacial score (nSPS) is 17.9. The molecule has 2 rings (SSSR count). The first-order chi connectivity index (χ1) is 9.87. The van der Waals surface area contributed by atoms with Crippen molar-refractivity contribution in [3.63, 3.8) is 0 Å². The number of rotatable bonds is 3. The van der Waals surface area contributed by atoms with Crippen molar-refractivity contribution in [3.8, 4) is 0 Å². The Labute approximate surface area is 126 Å². The number of amides is 4. The summed E-state index contributed by atoms with van der Waals surface area (Å²) in [7, 11) is 0. The summed E-state index contributed by atoms with van der Waals surface area (Å²) in [6.07, 6.45) is 0.454. The number of nitrogens with zero attached hydrogens (tertiary/aromatic N) is 1. The van der Waals surface area contributed by atoms with Gasteiger partial charge in [-0.1, -0.05) is 25.4 Å². The van der Waals surface area contributed by atoms with Crippen LogP contribution in [0.4, 0.5) is 14.9 Å². The SMILES string of the molecule is CCC1(CC)C(=O)NC(=O)N(c2cc(F)ccc2Cl)C1=O. The van der Waals surface area contributed by atoms with Crippen molar-refractivity contribution in [2.75, 3.05) is 4.90 Å². The van der Waals surface area contributed by atoms with Crippen LogP contribution in [0.15, 0.2) is 18.2 Å². The van der Waals surface area contributed by atoms with Crippen molar-refractivity contribution in [2.45, 2.75) is 26.7 Å². The number of imide groups is 2. The van der Waals surface area contributed by atoms with Gasteiger partial charge in [0, 0.05) is 0 Å². The van der Waals surface area contributed by atoms with E-state index in [-0.39, 0.29) is 23.6 Å². The highest BCUT2D eigenvalue weighted by atomic mass is 35.5. The molecule has 21 heavy (non-hydrogen) atoms. The molecule has 0 bridgehead atoms. The minimum Gasteiger partial charge on any atom is -0.276 e. The summed E-state index contributed by atoms with van der Waals surface area (Å²) < 4.78 is 13.4. The molecule has 1 aliphatic heterocycles. The number of urea groups is 1. The third kappa shape index (κ3) is 2.29. The Bertz CT molecular complexity index is 629. The van der Waals surface area contributed by atoms with Crippen LogP contribution in [0.5, 0.6) is 0 Å². The van der Waals surface area contributed by atoms with Crippen molar-refractivity contribution < 1.29 is 18.8 Å². The second-order valence-electron chi connectivity index (χ2n) is 4.78. The average Bonchev–Trinajstić information content (AvgIpc) is 2.44. The van der Waals surface area contributed by atoms with Gasteiger partial charge in [-0.3, -0.25) is 14.9 Å². The van der Waals surface area contributed by atoms with Gasteiger partial charge in [0.1, 0.15) is 11.2 Å². The monoisotopic (exact) mass is 312 g/mol. The fraction of sp³-hybridized carbons (Fsp3) is 0.357. The number of anilines is 1. The summed E-state index contributed by atoms with van der Waals surface area (Å²) in [5, 5.41) is 2.20. The molecule has 0 spiro atoms. The van der Waals surface area contributed by atoms with Crippen LogP contribution in [-0.2, 0) is 9.59 Å². The molecular weight excluding hydrogens is 299 g/mol. The van der Waals surface area contributed by atoms with E-state index >= 15 is 0 Å². The van der Waals surface area contributed by atoms with Gasteiger partial charge in [-0.25, -0.2) is 14.1 Å². The molecule has 1 N–H and O–H groups in total. The van der Waals surface area contributed by atoms with Gasteiger partial charge in [-0.2, -0.15) is 0 Å². The molecule has 1 fully saturated rings. The Morgan fingerprint density at radius 1 is 1.24 bits per heavy atom. The molecule has 0 aromatic heterocycles.